The molecule has 7 nitrogen and oxygen atoms in total. The average Bonchev–Trinajstić information content (AvgIpc) is 3.23. The Labute approximate surface area is 254 Å². The van der Waals surface area contributed by atoms with E-state index in [0.717, 1.165) is 5.57 Å². The summed E-state index contributed by atoms with van der Waals surface area (Å²) in [5.74, 6) is -5.04. The molecule has 4 atom stereocenters. The third-order valence-electron chi connectivity index (χ3n) is 8.81. The molecule has 3 aliphatic rings. The van der Waals surface area contributed by atoms with Crippen LogP contribution in [0.1, 0.15) is 49.3 Å². The van der Waals surface area contributed by atoms with E-state index >= 15 is 0 Å². The molecule has 1 aliphatic carbocycles. The summed E-state index contributed by atoms with van der Waals surface area (Å²) in [7, 11) is -1.38. The number of para-hydroxylation sites is 1. The number of rotatable bonds is 7. The molecule has 0 aromatic heterocycles. The smallest absolute Gasteiger partial charge is 0.455 e. The van der Waals surface area contributed by atoms with Crippen LogP contribution in [-0.2, 0) is 26.6 Å². The van der Waals surface area contributed by atoms with Crippen molar-refractivity contribution in [3.05, 3.63) is 75.9 Å². The largest absolute Gasteiger partial charge is 0.507 e. The highest BCUT2D eigenvalue weighted by atomic mass is 19.4. The number of carbonyl (C=O) groups excluding carboxylic acids is 2. The van der Waals surface area contributed by atoms with E-state index in [1.54, 1.807) is 24.3 Å². The maximum absolute atomic E-state index is 13.8. The lowest BCUT2D eigenvalue weighted by atomic mass is 9.58. The fraction of sp³-hybridized carbons (Fsp3) is 0.419. The Balaban J connectivity index is 1.48. The monoisotopic (exact) mass is 637 g/mol. The number of phenolic OH excluding ortho intramolecular Hbond substituents is 1. The summed E-state index contributed by atoms with van der Waals surface area (Å²) >= 11 is 0. The van der Waals surface area contributed by atoms with Crippen LogP contribution >= 0.6 is 0 Å². The molecule has 45 heavy (non-hydrogen) atoms. The Morgan fingerprint density at radius 1 is 1.02 bits per heavy atom. The first-order valence-corrected chi connectivity index (χ1v) is 14.4. The molecule has 2 saturated heterocycles. The standard InChI is InChI=1S/C31H30BF6NO6/c1-2-16(9-17-5-3-4-6-24(17)41)7-8-25-26-18(15-40)10-22-27(23(26)14-32(44)45-25)29(43)39(28(22)42)21-12-19(30(33,34)35)11-20(13-21)31(36,37)38/h3-6,9,11-13,22-23,25,27,40-41,44H,2,7-8,10,14-15H2,1H3/b16-9+/t22-,23+,25-,27-/m1/s1. The molecular weight excluding hydrogens is 607 g/mol. The minimum absolute atomic E-state index is 0.0807. The molecule has 2 aromatic rings. The molecule has 14 heteroatoms. The Kier molecular flexibility index (Phi) is 8.95. The topological polar surface area (TPSA) is 107 Å². The number of hydrogen-bond acceptors (Lipinski definition) is 6. The summed E-state index contributed by atoms with van der Waals surface area (Å²) in [6, 6.07) is 7.35. The van der Waals surface area contributed by atoms with Gasteiger partial charge in [-0.05, 0) is 73.3 Å². The quantitative estimate of drug-likeness (QED) is 0.149. The van der Waals surface area contributed by atoms with E-state index in [9.17, 15) is 51.2 Å². The highest BCUT2D eigenvalue weighted by Gasteiger charge is 2.58. The van der Waals surface area contributed by atoms with Crippen LogP contribution in [0.15, 0.2) is 59.2 Å². The van der Waals surface area contributed by atoms with Crippen LogP contribution in [0.3, 0.4) is 0 Å². The number of aliphatic hydroxyl groups is 1. The first-order valence-electron chi connectivity index (χ1n) is 14.4. The average molecular weight is 637 g/mol. The number of hydrogen-bond donors (Lipinski definition) is 3. The number of aromatic hydroxyl groups is 1. The van der Waals surface area contributed by atoms with E-state index in [-0.39, 0.29) is 24.6 Å². The minimum atomic E-state index is -5.18. The van der Waals surface area contributed by atoms with Crippen molar-refractivity contribution in [2.45, 2.75) is 57.4 Å². The molecule has 0 saturated carbocycles. The third kappa shape index (κ3) is 6.41. The summed E-state index contributed by atoms with van der Waals surface area (Å²) in [6.45, 7) is 1.40. The van der Waals surface area contributed by atoms with E-state index in [1.165, 1.54) is 0 Å². The van der Waals surface area contributed by atoms with Gasteiger partial charge >= 0.3 is 19.5 Å². The van der Waals surface area contributed by atoms with Crippen LogP contribution in [0.5, 0.6) is 5.75 Å². The zero-order chi connectivity index (χ0) is 32.8. The Hall–Kier alpha value is -3.62. The van der Waals surface area contributed by atoms with Gasteiger partial charge in [-0.25, -0.2) is 4.90 Å². The van der Waals surface area contributed by atoms with Gasteiger partial charge in [0.1, 0.15) is 5.75 Å². The Bertz CT molecular complexity index is 1520. The van der Waals surface area contributed by atoms with Crippen LogP contribution in [0.25, 0.3) is 6.08 Å². The molecule has 3 N–H and O–H groups in total. The maximum Gasteiger partial charge on any atom is 0.455 e. The van der Waals surface area contributed by atoms with Crippen molar-refractivity contribution in [2.75, 3.05) is 11.5 Å². The minimum Gasteiger partial charge on any atom is -0.507 e. The summed E-state index contributed by atoms with van der Waals surface area (Å²) in [6.07, 6.45) is -8.29. The Morgan fingerprint density at radius 2 is 1.67 bits per heavy atom. The molecule has 2 amide bonds. The zero-order valence-electron chi connectivity index (χ0n) is 24.0. The van der Waals surface area contributed by atoms with Crippen LogP contribution in [0, 0.1) is 17.8 Å². The number of nitrogens with zero attached hydrogens (tertiary/aromatic N) is 1. The van der Waals surface area contributed by atoms with Gasteiger partial charge in [0.25, 0.3) is 0 Å². The lowest BCUT2D eigenvalue weighted by molar-refractivity contribution is -0.143. The molecule has 2 aliphatic heterocycles. The van der Waals surface area contributed by atoms with Crippen molar-refractivity contribution >= 4 is 30.7 Å². The zero-order valence-corrected chi connectivity index (χ0v) is 24.0. The van der Waals surface area contributed by atoms with Crippen LogP contribution < -0.4 is 4.90 Å². The predicted molar refractivity (Wildman–Crippen MR) is 151 cm³/mol. The van der Waals surface area contributed by atoms with Gasteiger partial charge in [-0.1, -0.05) is 36.8 Å². The number of aliphatic hydroxyl groups excluding tert-OH is 1. The van der Waals surface area contributed by atoms with Crippen molar-refractivity contribution in [2.24, 2.45) is 17.8 Å². The fourth-order valence-electron chi connectivity index (χ4n) is 6.73. The molecule has 0 bridgehead atoms. The molecule has 2 aromatic carbocycles. The van der Waals surface area contributed by atoms with Crippen LogP contribution in [0.4, 0.5) is 32.0 Å². The van der Waals surface area contributed by atoms with Crippen molar-refractivity contribution in [1.29, 1.82) is 0 Å². The number of benzene rings is 2. The van der Waals surface area contributed by atoms with Gasteiger partial charge in [-0.15, -0.1) is 0 Å². The molecule has 5 rings (SSSR count). The van der Waals surface area contributed by atoms with E-state index < -0.39 is 78.6 Å². The second-order valence-corrected chi connectivity index (χ2v) is 11.5. The SMILES string of the molecule is CC/C(=C\c1ccccc1O)CC[C@H]1OB(O)C[C@H]2C1=C(CO)C[C@H]1C(=O)N(c3cc(C(F)(F)F)cc(C(F)(F)F)c3)C(=O)[C@H]12. The number of fused-ring (bicyclic) bond motifs is 3. The van der Waals surface area contributed by atoms with Crippen LogP contribution in [0.2, 0.25) is 6.32 Å². The van der Waals surface area contributed by atoms with Gasteiger partial charge in [0.15, 0.2) is 0 Å². The number of amides is 2. The lowest BCUT2D eigenvalue weighted by Gasteiger charge is -2.43. The number of allylic oxidation sites excluding steroid dienone is 1. The van der Waals surface area contributed by atoms with Gasteiger partial charge < -0.3 is 19.9 Å². The van der Waals surface area contributed by atoms with Gasteiger partial charge in [0, 0.05) is 5.56 Å². The summed E-state index contributed by atoms with van der Waals surface area (Å²) in [5, 5.41) is 31.1. The van der Waals surface area contributed by atoms with Gasteiger partial charge in [0.05, 0.1) is 41.4 Å². The second kappa shape index (κ2) is 12.3. The molecular formula is C31H30BF6NO6. The van der Waals surface area contributed by atoms with E-state index in [4.69, 9.17) is 4.65 Å². The number of imide groups is 1. The Morgan fingerprint density at radius 3 is 2.24 bits per heavy atom. The van der Waals surface area contributed by atoms with Gasteiger partial charge in [-0.3, -0.25) is 9.59 Å². The number of carbonyl (C=O) groups is 2. The van der Waals surface area contributed by atoms with E-state index in [2.05, 4.69) is 0 Å². The van der Waals surface area contributed by atoms with Crippen LogP contribution in [-0.4, -0.2) is 46.9 Å². The maximum atomic E-state index is 13.8. The predicted octanol–water partition coefficient (Wildman–Crippen LogP) is 6.00. The number of phenols is 1. The van der Waals surface area contributed by atoms with Gasteiger partial charge in [-0.2, -0.15) is 26.3 Å². The number of anilines is 1. The number of alkyl halides is 6. The fourth-order valence-corrected chi connectivity index (χ4v) is 6.73. The highest BCUT2D eigenvalue weighted by molar-refractivity contribution is 6.43. The normalized spacial score (nSPS) is 24.3. The van der Waals surface area contributed by atoms with Crippen molar-refractivity contribution in [3.8, 4) is 5.75 Å². The molecule has 0 unspecified atom stereocenters. The second-order valence-electron chi connectivity index (χ2n) is 11.5. The molecule has 0 radical (unpaired) electrons. The number of halogens is 6. The first kappa shape index (κ1) is 32.8. The third-order valence-corrected chi connectivity index (χ3v) is 8.81. The molecule has 2 fully saturated rings. The van der Waals surface area contributed by atoms with Gasteiger partial charge in [0.2, 0.25) is 11.8 Å². The highest BCUT2D eigenvalue weighted by Crippen LogP contribution is 2.52. The van der Waals surface area contributed by atoms with Crippen molar-refractivity contribution in [1.82, 2.24) is 0 Å². The molecule has 2 heterocycles. The van der Waals surface area contributed by atoms with Crippen molar-refractivity contribution in [3.63, 3.8) is 0 Å². The summed E-state index contributed by atoms with van der Waals surface area (Å²) in [4.78, 5) is 27.7. The molecule has 240 valence electrons. The summed E-state index contributed by atoms with van der Waals surface area (Å²) in [5.41, 5.74) is -1.76. The van der Waals surface area contributed by atoms with E-state index in [1.807, 2.05) is 13.0 Å². The van der Waals surface area contributed by atoms with E-state index in [0.29, 0.717) is 53.0 Å². The first-order chi connectivity index (χ1) is 21.1. The van der Waals surface area contributed by atoms with Crippen molar-refractivity contribution < 1.29 is 55.8 Å². The molecule has 0 spiro atoms. The summed E-state index contributed by atoms with van der Waals surface area (Å²) < 4.78 is 87.2. The lowest BCUT2D eigenvalue weighted by Crippen LogP contribution is -2.46.